The number of benzene rings is 2. The highest BCUT2D eigenvalue weighted by molar-refractivity contribution is 6.03. The van der Waals surface area contributed by atoms with Gasteiger partial charge >= 0.3 is 0 Å². The van der Waals surface area contributed by atoms with Gasteiger partial charge in [-0.05, 0) is 26.6 Å². The van der Waals surface area contributed by atoms with Gasteiger partial charge in [0, 0.05) is 30.8 Å². The highest BCUT2D eigenvalue weighted by Gasteiger charge is 2.24. The van der Waals surface area contributed by atoms with Gasteiger partial charge < -0.3 is 10.2 Å². The molecule has 3 rings (SSSR count). The fourth-order valence-electron chi connectivity index (χ4n) is 3.16. The smallest absolute Gasteiger partial charge is 0.280 e. The van der Waals surface area contributed by atoms with Crippen molar-refractivity contribution in [2.75, 3.05) is 27.2 Å². The number of nitrogens with one attached hydrogen (secondary N) is 1. The van der Waals surface area contributed by atoms with Crippen LogP contribution in [0, 0.1) is 0 Å². The minimum absolute atomic E-state index is 0.130. The van der Waals surface area contributed by atoms with Crippen LogP contribution in [0.1, 0.15) is 17.3 Å². The molecule has 0 spiro atoms. The van der Waals surface area contributed by atoms with Crippen LogP contribution < -0.4 is 10.9 Å². The van der Waals surface area contributed by atoms with Crippen LogP contribution in [0.15, 0.2) is 65.5 Å². The zero-order valence-electron chi connectivity index (χ0n) is 17.1. The van der Waals surface area contributed by atoms with E-state index in [1.165, 1.54) is 4.68 Å². The van der Waals surface area contributed by atoms with Gasteiger partial charge in [0.25, 0.3) is 11.5 Å². The van der Waals surface area contributed by atoms with Crippen molar-refractivity contribution in [3.8, 4) is 22.4 Å². The molecule has 0 atom stereocenters. The number of carbonyl (C=O) groups excluding carboxylic acids is 1. The first-order valence-electron chi connectivity index (χ1n) is 9.71. The summed E-state index contributed by atoms with van der Waals surface area (Å²) in [7, 11) is 3.87. The average molecular weight is 390 g/mol. The van der Waals surface area contributed by atoms with E-state index in [2.05, 4.69) is 10.4 Å². The average Bonchev–Trinajstić information content (AvgIpc) is 2.74. The van der Waals surface area contributed by atoms with E-state index in [9.17, 15) is 9.59 Å². The first-order chi connectivity index (χ1) is 14.0. The van der Waals surface area contributed by atoms with E-state index < -0.39 is 0 Å². The van der Waals surface area contributed by atoms with Gasteiger partial charge in [-0.3, -0.25) is 9.59 Å². The molecule has 0 aliphatic heterocycles. The number of rotatable bonds is 7. The fourth-order valence-corrected chi connectivity index (χ4v) is 3.16. The molecule has 6 nitrogen and oxygen atoms in total. The Hall–Kier alpha value is -3.25. The van der Waals surface area contributed by atoms with E-state index >= 15 is 0 Å². The third-order valence-electron chi connectivity index (χ3n) is 4.64. The van der Waals surface area contributed by atoms with Crippen LogP contribution >= 0.6 is 0 Å². The fraction of sp³-hybridized carbons (Fsp3) is 0.261. The summed E-state index contributed by atoms with van der Waals surface area (Å²) >= 11 is 0. The van der Waals surface area contributed by atoms with Crippen molar-refractivity contribution in [3.63, 3.8) is 0 Å². The lowest BCUT2D eigenvalue weighted by atomic mass is 9.95. The van der Waals surface area contributed by atoms with Crippen LogP contribution in [0.4, 0.5) is 0 Å². The maximum Gasteiger partial charge on any atom is 0.280 e. The summed E-state index contributed by atoms with van der Waals surface area (Å²) in [5, 5.41) is 7.49. The monoisotopic (exact) mass is 390 g/mol. The van der Waals surface area contributed by atoms with Crippen LogP contribution in [-0.4, -0.2) is 47.8 Å². The third kappa shape index (κ3) is 4.60. The number of hydrogen-bond donors (Lipinski definition) is 1. The predicted molar refractivity (Wildman–Crippen MR) is 116 cm³/mol. The van der Waals surface area contributed by atoms with Crippen molar-refractivity contribution in [2.24, 2.45) is 0 Å². The SMILES string of the molecule is CCn1nc(-c2ccccc2)c(-c2ccccc2)c(C(=O)NCCN(C)C)c1=O. The lowest BCUT2D eigenvalue weighted by Gasteiger charge is -2.17. The zero-order valence-corrected chi connectivity index (χ0v) is 17.1. The van der Waals surface area contributed by atoms with Crippen molar-refractivity contribution in [2.45, 2.75) is 13.5 Å². The Kier molecular flexibility index (Phi) is 6.57. The molecule has 2 aromatic carbocycles. The van der Waals surface area contributed by atoms with E-state index in [1.807, 2.05) is 86.6 Å². The number of aryl methyl sites for hydroxylation is 1. The second-order valence-electron chi connectivity index (χ2n) is 7.01. The molecule has 1 amide bonds. The first-order valence-corrected chi connectivity index (χ1v) is 9.71. The molecule has 1 N–H and O–H groups in total. The lowest BCUT2D eigenvalue weighted by Crippen LogP contribution is -2.38. The van der Waals surface area contributed by atoms with Gasteiger partial charge in [0.2, 0.25) is 0 Å². The molecule has 0 unspecified atom stereocenters. The molecule has 3 aromatic rings. The van der Waals surface area contributed by atoms with Gasteiger partial charge in [-0.15, -0.1) is 0 Å². The molecule has 150 valence electrons. The van der Waals surface area contributed by atoms with E-state index in [1.54, 1.807) is 0 Å². The molecule has 0 aliphatic carbocycles. The van der Waals surface area contributed by atoms with Gasteiger partial charge in [-0.1, -0.05) is 60.7 Å². The Morgan fingerprint density at radius 3 is 2.14 bits per heavy atom. The maximum atomic E-state index is 13.1. The predicted octanol–water partition coefficient (Wildman–Crippen LogP) is 2.89. The number of aromatic nitrogens is 2. The quantitative estimate of drug-likeness (QED) is 0.674. The third-order valence-corrected chi connectivity index (χ3v) is 4.64. The number of amides is 1. The summed E-state index contributed by atoms with van der Waals surface area (Å²) in [5.74, 6) is -0.377. The maximum absolute atomic E-state index is 13.1. The Balaban J connectivity index is 2.24. The molecule has 1 heterocycles. The van der Waals surface area contributed by atoms with E-state index in [0.717, 1.165) is 11.1 Å². The molecule has 1 aromatic heterocycles. The molecular weight excluding hydrogens is 364 g/mol. The highest BCUT2D eigenvalue weighted by atomic mass is 16.2. The molecule has 0 fully saturated rings. The largest absolute Gasteiger partial charge is 0.351 e. The standard InChI is InChI=1S/C23H26N4O2/c1-4-27-23(29)20(22(28)24-15-16-26(2)3)19(17-11-7-5-8-12-17)21(25-27)18-13-9-6-10-14-18/h5-14H,4,15-16H2,1-3H3,(H,24,28). The molecule has 0 saturated heterocycles. The highest BCUT2D eigenvalue weighted by Crippen LogP contribution is 2.31. The van der Waals surface area contributed by atoms with Crippen LogP contribution in [0.25, 0.3) is 22.4 Å². The van der Waals surface area contributed by atoms with Crippen molar-refractivity contribution in [1.82, 2.24) is 20.0 Å². The van der Waals surface area contributed by atoms with Crippen LogP contribution in [0.2, 0.25) is 0 Å². The van der Waals surface area contributed by atoms with Gasteiger partial charge in [0.15, 0.2) is 0 Å². The minimum Gasteiger partial charge on any atom is -0.351 e. The molecule has 0 radical (unpaired) electrons. The molecule has 0 saturated carbocycles. The number of hydrogen-bond acceptors (Lipinski definition) is 4. The van der Waals surface area contributed by atoms with Crippen molar-refractivity contribution in [3.05, 3.63) is 76.6 Å². The Morgan fingerprint density at radius 1 is 1.00 bits per heavy atom. The Bertz CT molecular complexity index is 1030. The topological polar surface area (TPSA) is 67.2 Å². The summed E-state index contributed by atoms with van der Waals surface area (Å²) in [4.78, 5) is 28.2. The minimum atomic E-state index is -0.381. The van der Waals surface area contributed by atoms with Gasteiger partial charge in [0.1, 0.15) is 5.56 Å². The number of nitrogens with zero attached hydrogens (tertiary/aromatic N) is 3. The van der Waals surface area contributed by atoms with Crippen LogP contribution in [0.5, 0.6) is 0 Å². The first kappa shape index (κ1) is 20.5. The molecule has 0 aliphatic rings. The summed E-state index contributed by atoms with van der Waals surface area (Å²) in [6.45, 7) is 3.37. The molecule has 0 bridgehead atoms. The molecule has 6 heteroatoms. The Labute approximate surface area is 170 Å². The van der Waals surface area contributed by atoms with E-state index in [0.29, 0.717) is 30.9 Å². The van der Waals surface area contributed by atoms with Gasteiger partial charge in [-0.2, -0.15) is 5.10 Å². The number of carbonyl (C=O) groups is 1. The second kappa shape index (κ2) is 9.30. The summed E-state index contributed by atoms with van der Waals surface area (Å²) in [6, 6.07) is 19.1. The van der Waals surface area contributed by atoms with E-state index in [4.69, 9.17) is 0 Å². The molecule has 29 heavy (non-hydrogen) atoms. The second-order valence-corrected chi connectivity index (χ2v) is 7.01. The zero-order chi connectivity index (χ0) is 20.8. The van der Waals surface area contributed by atoms with Crippen LogP contribution in [0.3, 0.4) is 0 Å². The number of likely N-dealkylation sites (N-methyl/N-ethyl adjacent to an activating group) is 1. The summed E-state index contributed by atoms with van der Waals surface area (Å²) in [6.07, 6.45) is 0. The van der Waals surface area contributed by atoms with Gasteiger partial charge in [-0.25, -0.2) is 4.68 Å². The summed E-state index contributed by atoms with van der Waals surface area (Å²) < 4.78 is 1.36. The van der Waals surface area contributed by atoms with Gasteiger partial charge in [0.05, 0.1) is 5.69 Å². The lowest BCUT2D eigenvalue weighted by molar-refractivity contribution is 0.0949. The van der Waals surface area contributed by atoms with Crippen molar-refractivity contribution in [1.29, 1.82) is 0 Å². The molecular formula is C23H26N4O2. The Morgan fingerprint density at radius 2 is 1.59 bits per heavy atom. The van der Waals surface area contributed by atoms with Crippen molar-refractivity contribution >= 4 is 5.91 Å². The van der Waals surface area contributed by atoms with Crippen molar-refractivity contribution < 1.29 is 4.79 Å². The normalized spacial score (nSPS) is 10.9. The van der Waals surface area contributed by atoms with Crippen LogP contribution in [-0.2, 0) is 6.54 Å². The van der Waals surface area contributed by atoms with E-state index in [-0.39, 0.29) is 17.0 Å². The summed E-state index contributed by atoms with van der Waals surface area (Å²) in [5.41, 5.74) is 2.58.